The number of para-hydroxylation sites is 1. The molecule has 0 radical (unpaired) electrons. The largest absolute Gasteiger partial charge is 0.507 e. The minimum Gasteiger partial charge on any atom is -0.507 e. The lowest BCUT2D eigenvalue weighted by Crippen LogP contribution is -2.13. The maximum Gasteiger partial charge on any atom is 0.205 e. The van der Waals surface area contributed by atoms with Crippen LogP contribution in [-0.2, 0) is 0 Å². The number of nitrogens with zero attached hydrogens (tertiary/aromatic N) is 3. The Balaban J connectivity index is 2.14. The summed E-state index contributed by atoms with van der Waals surface area (Å²) in [6.45, 7) is 3.96. The van der Waals surface area contributed by atoms with Crippen molar-refractivity contribution in [2.24, 2.45) is 10.1 Å². The molecule has 1 heterocycles. The van der Waals surface area contributed by atoms with Crippen molar-refractivity contribution >= 4 is 17.0 Å². The van der Waals surface area contributed by atoms with Gasteiger partial charge in [-0.3, -0.25) is 4.99 Å². The second-order valence-corrected chi connectivity index (χ2v) is 6.34. The average molecular weight is 337 g/mol. The smallest absolute Gasteiger partial charge is 0.205 e. The van der Waals surface area contributed by atoms with E-state index in [1.165, 1.54) is 5.56 Å². The minimum absolute atomic E-state index is 0.224. The molecule has 0 saturated heterocycles. The van der Waals surface area contributed by atoms with Gasteiger partial charge in [0.15, 0.2) is 0 Å². The van der Waals surface area contributed by atoms with Crippen molar-refractivity contribution in [1.82, 2.24) is 4.68 Å². The van der Waals surface area contributed by atoms with Crippen molar-refractivity contribution in [3.63, 3.8) is 0 Å². The van der Waals surface area contributed by atoms with Crippen LogP contribution < -0.4 is 4.80 Å². The summed E-state index contributed by atoms with van der Waals surface area (Å²) in [5.74, 6) is 0.224. The molecule has 3 aromatic rings. The van der Waals surface area contributed by atoms with E-state index in [1.54, 1.807) is 30.5 Å². The number of thiazole rings is 1. The third kappa shape index (κ3) is 3.16. The Labute approximate surface area is 145 Å². The van der Waals surface area contributed by atoms with Crippen LogP contribution >= 0.6 is 11.3 Å². The summed E-state index contributed by atoms with van der Waals surface area (Å²) in [6.07, 6.45) is 0. The molecule has 2 aromatic carbocycles. The van der Waals surface area contributed by atoms with E-state index >= 15 is 0 Å². The number of phenolic OH excluding ortho intramolecular Hbond substituents is 1. The highest BCUT2D eigenvalue weighted by Gasteiger charge is 2.09. The van der Waals surface area contributed by atoms with Gasteiger partial charge in [0.1, 0.15) is 5.75 Å². The number of aromatic hydroxyl groups is 1. The van der Waals surface area contributed by atoms with Crippen molar-refractivity contribution in [1.29, 1.82) is 0 Å². The highest BCUT2D eigenvalue weighted by Crippen LogP contribution is 2.22. The molecule has 24 heavy (non-hydrogen) atoms. The first-order valence-electron chi connectivity index (χ1n) is 7.64. The Hall–Kier alpha value is -2.66. The van der Waals surface area contributed by atoms with Gasteiger partial charge in [-0.25, -0.2) is 4.68 Å². The zero-order valence-corrected chi connectivity index (χ0v) is 14.7. The van der Waals surface area contributed by atoms with E-state index in [1.807, 2.05) is 23.7 Å². The van der Waals surface area contributed by atoms with Gasteiger partial charge in [-0.15, -0.1) is 11.3 Å². The van der Waals surface area contributed by atoms with Gasteiger partial charge in [0.05, 0.1) is 11.4 Å². The summed E-state index contributed by atoms with van der Waals surface area (Å²) in [5.41, 5.74) is 4.73. The first-order valence-corrected chi connectivity index (χ1v) is 8.52. The molecule has 0 aliphatic carbocycles. The highest BCUT2D eigenvalue weighted by molar-refractivity contribution is 7.07. The molecule has 0 amide bonds. The first-order chi connectivity index (χ1) is 11.6. The van der Waals surface area contributed by atoms with E-state index in [0.29, 0.717) is 5.56 Å². The summed E-state index contributed by atoms with van der Waals surface area (Å²) >= 11 is 1.54. The number of phenols is 1. The normalized spacial score (nSPS) is 12.6. The summed E-state index contributed by atoms with van der Waals surface area (Å²) in [5, 5.41) is 16.8. The second kappa shape index (κ2) is 6.84. The molecule has 0 saturated carbocycles. The van der Waals surface area contributed by atoms with Crippen molar-refractivity contribution in [2.45, 2.75) is 13.8 Å². The molecule has 0 aliphatic rings. The van der Waals surface area contributed by atoms with E-state index < -0.39 is 0 Å². The van der Waals surface area contributed by atoms with Gasteiger partial charge in [0, 0.05) is 23.6 Å². The number of benzene rings is 2. The molecule has 0 aliphatic heterocycles. The third-order valence-electron chi connectivity index (χ3n) is 3.77. The molecule has 5 heteroatoms. The van der Waals surface area contributed by atoms with Crippen LogP contribution in [0, 0.1) is 6.92 Å². The molecule has 0 spiro atoms. The maximum absolute atomic E-state index is 10.0. The van der Waals surface area contributed by atoms with Crippen molar-refractivity contribution < 1.29 is 5.11 Å². The Morgan fingerprint density at radius 3 is 2.46 bits per heavy atom. The van der Waals surface area contributed by atoms with Crippen LogP contribution in [0.1, 0.15) is 18.1 Å². The zero-order valence-electron chi connectivity index (χ0n) is 13.9. The predicted octanol–water partition coefficient (Wildman–Crippen LogP) is 4.03. The van der Waals surface area contributed by atoms with Gasteiger partial charge in [-0.1, -0.05) is 42.0 Å². The SMILES string of the molecule is CN=c1scc(-c2ccc(C)cc2)n1N=C(C)c1ccccc1O. The lowest BCUT2D eigenvalue weighted by Gasteiger charge is -2.07. The van der Waals surface area contributed by atoms with Crippen molar-refractivity contribution in [2.75, 3.05) is 7.05 Å². The van der Waals surface area contributed by atoms with Crippen LogP contribution in [0.4, 0.5) is 0 Å². The predicted molar refractivity (Wildman–Crippen MR) is 99.7 cm³/mol. The maximum atomic E-state index is 10.0. The van der Waals surface area contributed by atoms with E-state index in [4.69, 9.17) is 5.10 Å². The number of rotatable bonds is 3. The molecule has 0 unspecified atom stereocenters. The van der Waals surface area contributed by atoms with E-state index in [2.05, 4.69) is 41.6 Å². The Bertz CT molecular complexity index is 949. The molecule has 1 N–H and O–H groups in total. The summed E-state index contributed by atoms with van der Waals surface area (Å²) < 4.78 is 1.83. The number of hydrogen-bond donors (Lipinski definition) is 1. The summed E-state index contributed by atoms with van der Waals surface area (Å²) in [6, 6.07) is 15.5. The fraction of sp³-hybridized carbons (Fsp3) is 0.158. The summed E-state index contributed by atoms with van der Waals surface area (Å²) in [7, 11) is 1.76. The van der Waals surface area contributed by atoms with Gasteiger partial charge < -0.3 is 5.11 Å². The molecule has 122 valence electrons. The van der Waals surface area contributed by atoms with Gasteiger partial charge in [0.25, 0.3) is 0 Å². The Kier molecular flexibility index (Phi) is 4.62. The fourth-order valence-electron chi connectivity index (χ4n) is 2.45. The lowest BCUT2D eigenvalue weighted by atomic mass is 10.1. The molecular weight excluding hydrogens is 318 g/mol. The lowest BCUT2D eigenvalue weighted by molar-refractivity contribution is 0.474. The molecule has 0 fully saturated rings. The molecule has 0 atom stereocenters. The zero-order chi connectivity index (χ0) is 17.1. The number of hydrogen-bond acceptors (Lipinski definition) is 4. The number of aryl methyl sites for hydroxylation is 1. The van der Waals surface area contributed by atoms with Crippen LogP contribution in [0.15, 0.2) is 64.0 Å². The monoisotopic (exact) mass is 337 g/mol. The van der Waals surface area contributed by atoms with Crippen LogP contribution in [0.25, 0.3) is 11.3 Å². The van der Waals surface area contributed by atoms with E-state index in [-0.39, 0.29) is 5.75 Å². The summed E-state index contributed by atoms with van der Waals surface area (Å²) in [4.78, 5) is 5.12. The van der Waals surface area contributed by atoms with Gasteiger partial charge in [-0.2, -0.15) is 5.10 Å². The van der Waals surface area contributed by atoms with Gasteiger partial charge >= 0.3 is 0 Å². The quantitative estimate of drug-likeness (QED) is 0.721. The van der Waals surface area contributed by atoms with E-state index in [0.717, 1.165) is 21.8 Å². The first kappa shape index (κ1) is 16.2. The standard InChI is InChI=1S/C19H19N3OS/c1-13-8-10-15(11-9-13)17-12-24-19(20-3)22(17)21-14(2)16-6-4-5-7-18(16)23/h4-12,23H,1-3H3. The molecule has 3 rings (SSSR count). The number of aromatic nitrogens is 1. The van der Waals surface area contributed by atoms with Crippen LogP contribution in [-0.4, -0.2) is 22.5 Å². The molecule has 1 aromatic heterocycles. The molecule has 4 nitrogen and oxygen atoms in total. The minimum atomic E-state index is 0.224. The van der Waals surface area contributed by atoms with Crippen LogP contribution in [0.2, 0.25) is 0 Å². The van der Waals surface area contributed by atoms with Crippen LogP contribution in [0.5, 0.6) is 5.75 Å². The van der Waals surface area contributed by atoms with Crippen molar-refractivity contribution in [3.05, 3.63) is 69.8 Å². The molecule has 0 bridgehead atoms. The third-order valence-corrected chi connectivity index (χ3v) is 4.68. The van der Waals surface area contributed by atoms with Crippen molar-refractivity contribution in [3.8, 4) is 17.0 Å². The molecular formula is C19H19N3OS. The Morgan fingerprint density at radius 2 is 1.79 bits per heavy atom. The van der Waals surface area contributed by atoms with Gasteiger partial charge in [-0.05, 0) is 26.0 Å². The van der Waals surface area contributed by atoms with Gasteiger partial charge in [0.2, 0.25) is 4.80 Å². The second-order valence-electron chi connectivity index (χ2n) is 5.51. The average Bonchev–Trinajstić information content (AvgIpc) is 2.98. The van der Waals surface area contributed by atoms with Crippen LogP contribution in [0.3, 0.4) is 0 Å². The topological polar surface area (TPSA) is 49.9 Å². The fourth-order valence-corrected chi connectivity index (χ4v) is 3.25. The van der Waals surface area contributed by atoms with E-state index in [9.17, 15) is 5.11 Å². The Morgan fingerprint density at radius 1 is 1.08 bits per heavy atom. The highest BCUT2D eigenvalue weighted by atomic mass is 32.1.